The molecule has 170 valence electrons. The molecule has 3 rings (SSSR count). The van der Waals surface area contributed by atoms with Gasteiger partial charge in [-0.3, -0.25) is 0 Å². The maximum Gasteiger partial charge on any atom is 0.128 e. The van der Waals surface area contributed by atoms with Crippen LogP contribution in [-0.4, -0.2) is 9.27 Å². The van der Waals surface area contributed by atoms with Crippen LogP contribution in [0.1, 0.15) is 58.8 Å². The van der Waals surface area contributed by atoms with Crippen molar-refractivity contribution in [3.8, 4) is 0 Å². The number of alkyl halides is 1. The Morgan fingerprint density at radius 3 is 1.47 bits per heavy atom. The quantitative estimate of drug-likeness (QED) is 0.106. The molecule has 0 amide bonds. The number of hydrogen-bond acceptors (Lipinski definition) is 1. The summed E-state index contributed by atoms with van der Waals surface area (Å²) in [5.74, 6) is 0. The van der Waals surface area contributed by atoms with Crippen molar-refractivity contribution in [1.82, 2.24) is 0 Å². The SMILES string of the molecule is CCCCCCCCC([O-])C(C)(I)[P+](c1ccccc1)(c1ccccc1)c1ccccc1. The van der Waals surface area contributed by atoms with Gasteiger partial charge in [0.1, 0.15) is 26.3 Å². The van der Waals surface area contributed by atoms with Gasteiger partial charge < -0.3 is 5.11 Å². The average molecular weight is 558 g/mol. The summed E-state index contributed by atoms with van der Waals surface area (Å²) in [7, 11) is -2.20. The molecule has 3 aromatic rings. The van der Waals surface area contributed by atoms with Gasteiger partial charge in [0, 0.05) is 0 Å². The molecule has 0 spiro atoms. The summed E-state index contributed by atoms with van der Waals surface area (Å²) in [4.78, 5) is 0. The fraction of sp³-hybridized carbons (Fsp3) is 0.379. The molecule has 3 heteroatoms. The lowest BCUT2D eigenvalue weighted by molar-refractivity contribution is -0.421. The van der Waals surface area contributed by atoms with E-state index in [4.69, 9.17) is 0 Å². The Kier molecular flexibility index (Phi) is 9.77. The van der Waals surface area contributed by atoms with Crippen LogP contribution in [0.25, 0.3) is 0 Å². The summed E-state index contributed by atoms with van der Waals surface area (Å²) in [6, 6.07) is 32.4. The largest absolute Gasteiger partial charge is 0.848 e. The highest BCUT2D eigenvalue weighted by molar-refractivity contribution is 14.1. The highest BCUT2D eigenvalue weighted by Gasteiger charge is 2.59. The lowest BCUT2D eigenvalue weighted by Crippen LogP contribution is -2.53. The van der Waals surface area contributed by atoms with Gasteiger partial charge in [-0.1, -0.05) is 113 Å². The molecule has 2 atom stereocenters. The van der Waals surface area contributed by atoms with Crippen molar-refractivity contribution in [2.75, 3.05) is 0 Å². The maximum atomic E-state index is 14.0. The van der Waals surface area contributed by atoms with Gasteiger partial charge >= 0.3 is 0 Å². The molecule has 0 saturated heterocycles. The zero-order valence-electron chi connectivity index (χ0n) is 19.4. The van der Waals surface area contributed by atoms with Gasteiger partial charge in [-0.25, -0.2) is 0 Å². The summed E-state index contributed by atoms with van der Waals surface area (Å²) in [6.07, 6.45) is 7.38. The van der Waals surface area contributed by atoms with Crippen molar-refractivity contribution >= 4 is 45.8 Å². The van der Waals surface area contributed by atoms with E-state index in [0.717, 1.165) is 12.8 Å². The minimum atomic E-state index is -2.20. The molecule has 0 heterocycles. The van der Waals surface area contributed by atoms with E-state index in [-0.39, 0.29) is 0 Å². The standard InChI is InChI=1S/C29H36IOP/c1-3-4-5-6-7-17-24-28(31)29(2,30)32(25-18-11-8-12-19-25,26-20-13-9-14-21-26)27-22-15-10-16-23-27/h8-16,18-23,28H,3-7,17,24H2,1-2H3. The van der Waals surface area contributed by atoms with Gasteiger partial charge in [0.2, 0.25) is 0 Å². The van der Waals surface area contributed by atoms with Crippen LogP contribution in [0.15, 0.2) is 91.0 Å². The molecule has 32 heavy (non-hydrogen) atoms. The Hall–Kier alpha value is -1.22. The van der Waals surface area contributed by atoms with Crippen LogP contribution < -0.4 is 21.0 Å². The zero-order valence-corrected chi connectivity index (χ0v) is 22.5. The first-order chi connectivity index (χ1) is 15.5. The van der Waals surface area contributed by atoms with Gasteiger partial charge in [-0.15, -0.1) is 0 Å². The van der Waals surface area contributed by atoms with Crippen molar-refractivity contribution in [2.45, 2.75) is 68.1 Å². The minimum absolute atomic E-state index is 0.446. The van der Waals surface area contributed by atoms with E-state index >= 15 is 0 Å². The molecular weight excluding hydrogens is 522 g/mol. The third-order valence-electron chi connectivity index (χ3n) is 6.49. The molecule has 0 bridgehead atoms. The van der Waals surface area contributed by atoms with E-state index in [1.807, 2.05) is 0 Å². The molecule has 2 unspecified atom stereocenters. The molecule has 0 aliphatic rings. The molecule has 0 aliphatic carbocycles. The van der Waals surface area contributed by atoms with E-state index in [1.165, 1.54) is 48.0 Å². The van der Waals surface area contributed by atoms with Crippen molar-refractivity contribution in [3.05, 3.63) is 91.0 Å². The molecule has 0 N–H and O–H groups in total. The first-order valence-electron chi connectivity index (χ1n) is 12.0. The molecule has 0 fully saturated rings. The Labute approximate surface area is 209 Å². The lowest BCUT2D eigenvalue weighted by atomic mass is 10.1. The second-order valence-corrected chi connectivity index (χ2v) is 15.7. The highest BCUT2D eigenvalue weighted by atomic mass is 127. The zero-order chi connectivity index (χ0) is 22.9. The number of benzene rings is 3. The Morgan fingerprint density at radius 2 is 1.06 bits per heavy atom. The second-order valence-electron chi connectivity index (χ2n) is 8.75. The number of unbranched alkanes of at least 4 members (excludes halogenated alkanes) is 5. The van der Waals surface area contributed by atoms with E-state index in [0.29, 0.717) is 0 Å². The van der Waals surface area contributed by atoms with Gasteiger partial charge in [0.05, 0.1) is 0 Å². The molecule has 3 aromatic carbocycles. The molecular formula is C29H36IOP. The first-order valence-corrected chi connectivity index (χ1v) is 14.8. The fourth-order valence-electron chi connectivity index (χ4n) is 4.75. The third-order valence-corrected chi connectivity index (χ3v) is 14.2. The Balaban J connectivity index is 2.05. The van der Waals surface area contributed by atoms with Crippen LogP contribution in [0.2, 0.25) is 0 Å². The predicted octanol–water partition coefficient (Wildman–Crippen LogP) is 6.61. The number of halogens is 1. The maximum absolute atomic E-state index is 14.0. The first kappa shape index (κ1) is 25.4. The normalized spacial score (nSPS) is 14.6. The topological polar surface area (TPSA) is 23.1 Å². The highest BCUT2D eigenvalue weighted by Crippen LogP contribution is 2.69. The van der Waals surface area contributed by atoms with Crippen LogP contribution in [0.5, 0.6) is 0 Å². The van der Waals surface area contributed by atoms with Gasteiger partial charge in [-0.2, -0.15) is 0 Å². The number of rotatable bonds is 12. The summed E-state index contributed by atoms with van der Waals surface area (Å²) in [5, 5.41) is 17.9. The summed E-state index contributed by atoms with van der Waals surface area (Å²) >= 11 is 2.54. The third kappa shape index (κ3) is 5.46. The van der Waals surface area contributed by atoms with Gasteiger partial charge in [0.15, 0.2) is 0 Å². The molecule has 1 nitrogen and oxygen atoms in total. The molecule has 0 saturated carbocycles. The second kappa shape index (κ2) is 12.3. The molecule has 0 radical (unpaired) electrons. The van der Waals surface area contributed by atoms with Crippen LogP contribution in [-0.2, 0) is 0 Å². The monoisotopic (exact) mass is 558 g/mol. The van der Waals surface area contributed by atoms with E-state index in [2.05, 4.69) is 127 Å². The van der Waals surface area contributed by atoms with E-state index in [1.54, 1.807) is 0 Å². The van der Waals surface area contributed by atoms with Crippen molar-refractivity contribution < 1.29 is 5.11 Å². The number of hydrogen-bond donors (Lipinski definition) is 0. The van der Waals surface area contributed by atoms with Crippen LogP contribution in [0, 0.1) is 0 Å². The van der Waals surface area contributed by atoms with Gasteiger partial charge in [0.25, 0.3) is 0 Å². The van der Waals surface area contributed by atoms with E-state index < -0.39 is 16.5 Å². The summed E-state index contributed by atoms with van der Waals surface area (Å²) < 4.78 is -0.446. The van der Waals surface area contributed by atoms with E-state index in [9.17, 15) is 5.11 Å². The van der Waals surface area contributed by atoms with Crippen molar-refractivity contribution in [2.24, 2.45) is 0 Å². The van der Waals surface area contributed by atoms with Crippen molar-refractivity contribution in [3.63, 3.8) is 0 Å². The van der Waals surface area contributed by atoms with Crippen LogP contribution in [0.3, 0.4) is 0 Å². The average Bonchev–Trinajstić information content (AvgIpc) is 2.83. The Morgan fingerprint density at radius 1 is 0.688 bits per heavy atom. The fourth-order valence-corrected chi connectivity index (χ4v) is 12.4. The van der Waals surface area contributed by atoms with Crippen LogP contribution >= 0.6 is 29.9 Å². The lowest BCUT2D eigenvalue weighted by Gasteiger charge is -2.46. The summed E-state index contributed by atoms with van der Waals surface area (Å²) in [5.41, 5.74) is 0. The van der Waals surface area contributed by atoms with Crippen molar-refractivity contribution in [1.29, 1.82) is 0 Å². The minimum Gasteiger partial charge on any atom is -0.848 e. The molecule has 0 aromatic heterocycles. The van der Waals surface area contributed by atoms with Crippen LogP contribution in [0.4, 0.5) is 0 Å². The predicted molar refractivity (Wildman–Crippen MR) is 149 cm³/mol. The Bertz CT molecular complexity index is 815. The van der Waals surface area contributed by atoms with Gasteiger partial charge in [-0.05, 0) is 65.9 Å². The smallest absolute Gasteiger partial charge is 0.128 e. The molecule has 0 aliphatic heterocycles. The summed E-state index contributed by atoms with van der Waals surface area (Å²) in [6.45, 7) is 4.47.